The Bertz CT molecular complexity index is 1050. The van der Waals surface area contributed by atoms with Crippen molar-refractivity contribution in [3.8, 4) is 0 Å². The standard InChI is InChI=1S/C27H37N5O3/c1-19(2)13-17-32-23-12-11-21-18-22(23)25(30-32)26(34)28-14-7-16-31(15-6-10-24(33)29-21)27(35)20-8-4-3-5-9-20/h3-5,8-9,19,21H,6-7,10-18H2,1-2H3,(H,28,34)(H,29,33). The van der Waals surface area contributed by atoms with E-state index in [-0.39, 0.29) is 23.8 Å². The zero-order chi connectivity index (χ0) is 24.8. The van der Waals surface area contributed by atoms with Crippen molar-refractivity contribution in [2.45, 2.75) is 71.4 Å². The fourth-order valence-corrected chi connectivity index (χ4v) is 4.92. The summed E-state index contributed by atoms with van der Waals surface area (Å²) in [7, 11) is 0. The summed E-state index contributed by atoms with van der Waals surface area (Å²) in [6, 6.07) is 9.19. The molecule has 8 heteroatoms. The van der Waals surface area contributed by atoms with Crippen LogP contribution >= 0.6 is 0 Å². The van der Waals surface area contributed by atoms with Gasteiger partial charge in [-0.15, -0.1) is 0 Å². The number of hydrogen-bond donors (Lipinski definition) is 2. The van der Waals surface area contributed by atoms with Crippen LogP contribution in [0.5, 0.6) is 0 Å². The summed E-state index contributed by atoms with van der Waals surface area (Å²) in [5.41, 5.74) is 3.22. The van der Waals surface area contributed by atoms with Crippen molar-refractivity contribution in [2.24, 2.45) is 5.92 Å². The molecule has 0 radical (unpaired) electrons. The summed E-state index contributed by atoms with van der Waals surface area (Å²) in [4.78, 5) is 40.7. The Hall–Kier alpha value is -3.16. The first-order valence-corrected chi connectivity index (χ1v) is 12.9. The first-order chi connectivity index (χ1) is 16.9. The molecule has 0 fully saturated rings. The molecule has 1 aromatic heterocycles. The molecule has 2 bridgehead atoms. The van der Waals surface area contributed by atoms with Crippen LogP contribution in [0.1, 0.15) is 78.1 Å². The van der Waals surface area contributed by atoms with Crippen molar-refractivity contribution < 1.29 is 14.4 Å². The molecule has 0 spiro atoms. The average Bonchev–Trinajstić information content (AvgIpc) is 3.21. The maximum Gasteiger partial charge on any atom is 0.272 e. The van der Waals surface area contributed by atoms with E-state index in [0.717, 1.165) is 37.1 Å². The van der Waals surface area contributed by atoms with Crippen molar-refractivity contribution >= 4 is 17.7 Å². The Labute approximate surface area is 207 Å². The van der Waals surface area contributed by atoms with Gasteiger partial charge in [-0.25, -0.2) is 0 Å². The zero-order valence-electron chi connectivity index (χ0n) is 20.9. The van der Waals surface area contributed by atoms with Gasteiger partial charge in [-0.1, -0.05) is 32.0 Å². The second kappa shape index (κ2) is 11.5. The molecule has 1 unspecified atom stereocenters. The minimum absolute atomic E-state index is 0.00127. The molecule has 1 aliphatic carbocycles. The van der Waals surface area contributed by atoms with E-state index in [1.165, 1.54) is 0 Å². The lowest BCUT2D eigenvalue weighted by molar-refractivity contribution is -0.122. The number of nitrogens with zero attached hydrogens (tertiary/aromatic N) is 3. The monoisotopic (exact) mass is 479 g/mol. The summed E-state index contributed by atoms with van der Waals surface area (Å²) in [5, 5.41) is 10.9. The van der Waals surface area contributed by atoms with Crippen LogP contribution in [0.15, 0.2) is 30.3 Å². The van der Waals surface area contributed by atoms with Crippen LogP contribution in [-0.4, -0.2) is 58.1 Å². The Morgan fingerprint density at radius 1 is 1.11 bits per heavy atom. The van der Waals surface area contributed by atoms with Crippen LogP contribution in [0.4, 0.5) is 0 Å². The number of benzene rings is 1. The van der Waals surface area contributed by atoms with Gasteiger partial charge in [-0.3, -0.25) is 19.1 Å². The number of aromatic nitrogens is 2. The summed E-state index contributed by atoms with van der Waals surface area (Å²) in [6.07, 6.45) is 4.89. The molecule has 8 nitrogen and oxygen atoms in total. The highest BCUT2D eigenvalue weighted by atomic mass is 16.2. The molecule has 2 N–H and O–H groups in total. The minimum atomic E-state index is -0.174. The predicted molar refractivity (Wildman–Crippen MR) is 134 cm³/mol. The van der Waals surface area contributed by atoms with E-state index < -0.39 is 0 Å². The van der Waals surface area contributed by atoms with E-state index in [9.17, 15) is 14.4 Å². The molecule has 188 valence electrons. The smallest absolute Gasteiger partial charge is 0.272 e. The van der Waals surface area contributed by atoms with E-state index >= 15 is 0 Å². The molecule has 1 aromatic carbocycles. The Morgan fingerprint density at radius 3 is 2.66 bits per heavy atom. The van der Waals surface area contributed by atoms with Crippen molar-refractivity contribution in [3.63, 3.8) is 0 Å². The van der Waals surface area contributed by atoms with Crippen LogP contribution in [0, 0.1) is 5.92 Å². The largest absolute Gasteiger partial charge is 0.353 e. The van der Waals surface area contributed by atoms with E-state index in [2.05, 4.69) is 24.5 Å². The molecular formula is C27H37N5O3. The van der Waals surface area contributed by atoms with Crippen molar-refractivity contribution in [2.75, 3.05) is 19.6 Å². The van der Waals surface area contributed by atoms with Gasteiger partial charge in [-0.2, -0.15) is 5.10 Å². The van der Waals surface area contributed by atoms with Gasteiger partial charge in [0.25, 0.3) is 11.8 Å². The predicted octanol–water partition coefficient (Wildman–Crippen LogP) is 2.96. The molecule has 4 rings (SSSR count). The van der Waals surface area contributed by atoms with Gasteiger partial charge in [0.15, 0.2) is 5.69 Å². The van der Waals surface area contributed by atoms with Gasteiger partial charge in [0.2, 0.25) is 5.91 Å². The maximum absolute atomic E-state index is 13.1. The van der Waals surface area contributed by atoms with Crippen molar-refractivity contribution in [1.29, 1.82) is 0 Å². The number of fused-ring (bicyclic) bond motifs is 1. The molecule has 2 aromatic rings. The fourth-order valence-electron chi connectivity index (χ4n) is 4.92. The summed E-state index contributed by atoms with van der Waals surface area (Å²) >= 11 is 0. The molecule has 1 aliphatic heterocycles. The number of amides is 3. The first kappa shape index (κ1) is 24.9. The summed E-state index contributed by atoms with van der Waals surface area (Å²) < 4.78 is 2.01. The number of hydrogen-bond acceptors (Lipinski definition) is 4. The third kappa shape index (κ3) is 6.29. The fraction of sp³-hybridized carbons (Fsp3) is 0.556. The third-order valence-corrected chi connectivity index (χ3v) is 6.88. The van der Waals surface area contributed by atoms with Crippen LogP contribution in [0.25, 0.3) is 0 Å². The lowest BCUT2D eigenvalue weighted by Crippen LogP contribution is -2.40. The van der Waals surface area contributed by atoms with Crippen LogP contribution in [0.2, 0.25) is 0 Å². The highest BCUT2D eigenvalue weighted by molar-refractivity contribution is 5.95. The van der Waals surface area contributed by atoms with Crippen molar-refractivity contribution in [3.05, 3.63) is 52.8 Å². The maximum atomic E-state index is 13.1. The Kier molecular flexibility index (Phi) is 8.21. The lowest BCUT2D eigenvalue weighted by atomic mass is 9.91. The molecular weight excluding hydrogens is 442 g/mol. The molecule has 2 heterocycles. The van der Waals surface area contributed by atoms with Crippen LogP contribution in [0.3, 0.4) is 0 Å². The minimum Gasteiger partial charge on any atom is -0.353 e. The number of carbonyl (C=O) groups is 3. The van der Waals surface area contributed by atoms with Crippen LogP contribution in [-0.2, 0) is 24.2 Å². The van der Waals surface area contributed by atoms with E-state index in [1.807, 2.05) is 22.9 Å². The quantitative estimate of drug-likeness (QED) is 0.705. The van der Waals surface area contributed by atoms with Gasteiger partial charge < -0.3 is 15.5 Å². The van der Waals surface area contributed by atoms with E-state index in [0.29, 0.717) is 62.5 Å². The van der Waals surface area contributed by atoms with Gasteiger partial charge in [0, 0.05) is 55.5 Å². The highest BCUT2D eigenvalue weighted by Crippen LogP contribution is 2.26. The number of nitrogens with one attached hydrogen (secondary N) is 2. The molecule has 1 atom stereocenters. The highest BCUT2D eigenvalue weighted by Gasteiger charge is 2.30. The van der Waals surface area contributed by atoms with Crippen LogP contribution < -0.4 is 10.6 Å². The SMILES string of the molecule is CC(C)CCn1nc2c3c1CCC(C3)NC(=O)CCCN(C(=O)c1ccccc1)CCCNC2=O. The molecule has 2 aliphatic rings. The molecule has 3 amide bonds. The summed E-state index contributed by atoms with van der Waals surface area (Å²) in [5.74, 6) is 0.328. The normalized spacial score (nSPS) is 19.5. The second-order valence-corrected chi connectivity index (χ2v) is 10.1. The number of carbonyl (C=O) groups excluding carboxylic acids is 3. The van der Waals surface area contributed by atoms with Crippen molar-refractivity contribution in [1.82, 2.24) is 25.3 Å². The number of aryl methyl sites for hydroxylation is 1. The second-order valence-electron chi connectivity index (χ2n) is 10.1. The average molecular weight is 480 g/mol. The topological polar surface area (TPSA) is 96.3 Å². The van der Waals surface area contributed by atoms with Gasteiger partial charge in [0.05, 0.1) is 0 Å². The number of rotatable bonds is 4. The lowest BCUT2D eigenvalue weighted by Gasteiger charge is -2.25. The van der Waals surface area contributed by atoms with Gasteiger partial charge >= 0.3 is 0 Å². The molecule has 35 heavy (non-hydrogen) atoms. The van der Waals surface area contributed by atoms with E-state index in [1.54, 1.807) is 17.0 Å². The Balaban J connectivity index is 1.52. The molecule has 0 saturated heterocycles. The van der Waals surface area contributed by atoms with Gasteiger partial charge in [0.1, 0.15) is 0 Å². The Morgan fingerprint density at radius 2 is 1.89 bits per heavy atom. The van der Waals surface area contributed by atoms with Gasteiger partial charge in [-0.05, 0) is 56.6 Å². The zero-order valence-corrected chi connectivity index (χ0v) is 20.9. The summed E-state index contributed by atoms with van der Waals surface area (Å²) in [6.45, 7) is 6.65. The molecule has 0 saturated carbocycles. The first-order valence-electron chi connectivity index (χ1n) is 12.9. The van der Waals surface area contributed by atoms with E-state index in [4.69, 9.17) is 5.10 Å². The third-order valence-electron chi connectivity index (χ3n) is 6.88.